The highest BCUT2D eigenvalue weighted by atomic mass is 14.4. The summed E-state index contributed by atoms with van der Waals surface area (Å²) in [6.07, 6.45) is 8.99. The first-order chi connectivity index (χ1) is 8.82. The number of allylic oxidation sites excluding steroid dienone is 2. The average Bonchev–Trinajstić information content (AvgIpc) is 3.07. The van der Waals surface area contributed by atoms with Gasteiger partial charge in [-0.3, -0.25) is 0 Å². The molecular weight excluding hydrogens is 230 g/mol. The van der Waals surface area contributed by atoms with Gasteiger partial charge in [0.05, 0.1) is 0 Å². The molecule has 1 aliphatic rings. The van der Waals surface area contributed by atoms with Crippen molar-refractivity contribution in [2.24, 2.45) is 35.5 Å². The van der Waals surface area contributed by atoms with Crippen LogP contribution in [0.15, 0.2) is 12.2 Å². The zero-order valence-corrected chi connectivity index (χ0v) is 13.7. The molecule has 110 valence electrons. The van der Waals surface area contributed by atoms with Crippen molar-refractivity contribution in [2.75, 3.05) is 0 Å². The summed E-state index contributed by atoms with van der Waals surface area (Å²) < 4.78 is 0. The minimum absolute atomic E-state index is 0.391. The summed E-state index contributed by atoms with van der Waals surface area (Å²) in [5, 5.41) is 7.76. The van der Waals surface area contributed by atoms with Gasteiger partial charge in [-0.15, -0.1) is 0 Å². The maximum atomic E-state index is 7.76. The van der Waals surface area contributed by atoms with Crippen molar-refractivity contribution in [3.8, 4) is 0 Å². The average molecular weight is 263 g/mol. The van der Waals surface area contributed by atoms with Crippen molar-refractivity contribution in [3.05, 3.63) is 12.2 Å². The van der Waals surface area contributed by atoms with Gasteiger partial charge in [0.1, 0.15) is 0 Å². The van der Waals surface area contributed by atoms with E-state index >= 15 is 0 Å². The molecule has 0 aromatic carbocycles. The minimum Gasteiger partial charge on any atom is -0.310 e. The molecule has 0 bridgehead atoms. The lowest BCUT2D eigenvalue weighted by Crippen LogP contribution is -2.20. The number of hydrogen-bond acceptors (Lipinski definition) is 1. The zero-order chi connectivity index (χ0) is 14.6. The fourth-order valence-electron chi connectivity index (χ4n) is 2.76. The molecule has 1 aliphatic carbocycles. The molecule has 0 aromatic heterocycles. The van der Waals surface area contributed by atoms with Crippen molar-refractivity contribution in [2.45, 2.75) is 60.8 Å². The quantitative estimate of drug-likeness (QED) is 0.438. The Balaban J connectivity index is 2.30. The Hall–Kier alpha value is -0.590. The zero-order valence-electron chi connectivity index (χ0n) is 13.7. The molecule has 1 rings (SSSR count). The third-order valence-corrected chi connectivity index (χ3v) is 5.31. The Bertz CT molecular complexity index is 318. The molecule has 6 atom stereocenters. The lowest BCUT2D eigenvalue weighted by Gasteiger charge is -2.23. The minimum atomic E-state index is 0.391. The van der Waals surface area contributed by atoms with Gasteiger partial charge in [0.15, 0.2) is 0 Å². The van der Waals surface area contributed by atoms with E-state index in [0.29, 0.717) is 23.7 Å². The Labute approximate surface area is 120 Å². The molecule has 6 unspecified atom stereocenters. The van der Waals surface area contributed by atoms with Crippen LogP contribution in [-0.4, -0.2) is 5.71 Å². The number of hydrogen-bond donors (Lipinski definition) is 1. The molecule has 0 amide bonds. The van der Waals surface area contributed by atoms with Crippen LogP contribution in [0.25, 0.3) is 0 Å². The van der Waals surface area contributed by atoms with E-state index in [1.807, 2.05) is 6.92 Å². The normalized spacial score (nSPS) is 28.9. The first kappa shape index (κ1) is 16.5. The van der Waals surface area contributed by atoms with Gasteiger partial charge >= 0.3 is 0 Å². The molecule has 1 heteroatoms. The predicted molar refractivity (Wildman–Crippen MR) is 85.7 cm³/mol. The van der Waals surface area contributed by atoms with Gasteiger partial charge in [-0.2, -0.15) is 0 Å². The lowest BCUT2D eigenvalue weighted by atomic mass is 9.82. The third-order valence-electron chi connectivity index (χ3n) is 5.31. The van der Waals surface area contributed by atoms with Gasteiger partial charge in [-0.25, -0.2) is 0 Å². The Morgan fingerprint density at radius 3 is 2.26 bits per heavy atom. The molecule has 1 fully saturated rings. The summed E-state index contributed by atoms with van der Waals surface area (Å²) in [5.41, 5.74) is 0.809. The van der Waals surface area contributed by atoms with E-state index in [9.17, 15) is 0 Å². The second-order valence-corrected chi connectivity index (χ2v) is 7.10. The van der Waals surface area contributed by atoms with Gasteiger partial charge in [0.2, 0.25) is 0 Å². The van der Waals surface area contributed by atoms with Crippen LogP contribution >= 0.6 is 0 Å². The Morgan fingerprint density at radius 1 is 1.21 bits per heavy atom. The highest BCUT2D eigenvalue weighted by Crippen LogP contribution is 2.42. The summed E-state index contributed by atoms with van der Waals surface area (Å²) in [5.74, 6) is 4.24. The van der Waals surface area contributed by atoms with Gasteiger partial charge in [0, 0.05) is 5.71 Å². The molecular formula is C18H33N. The summed E-state index contributed by atoms with van der Waals surface area (Å²) in [6.45, 7) is 13.4. The Kier molecular flexibility index (Phi) is 6.29. The SMILES string of the molecule is CC(=N)C(C)C(C)C(C)/C=C\C(C)CCC1CC1C. The monoisotopic (exact) mass is 263 g/mol. The smallest absolute Gasteiger partial charge is 0.00892 e. The van der Waals surface area contributed by atoms with E-state index in [0.717, 1.165) is 17.5 Å². The molecule has 1 nitrogen and oxygen atoms in total. The van der Waals surface area contributed by atoms with E-state index in [-0.39, 0.29) is 0 Å². The van der Waals surface area contributed by atoms with Crippen molar-refractivity contribution >= 4 is 5.71 Å². The van der Waals surface area contributed by atoms with Gasteiger partial charge in [0.25, 0.3) is 0 Å². The van der Waals surface area contributed by atoms with E-state index in [4.69, 9.17) is 5.41 Å². The second-order valence-electron chi connectivity index (χ2n) is 7.10. The highest BCUT2D eigenvalue weighted by molar-refractivity contribution is 5.81. The predicted octanol–water partition coefficient (Wildman–Crippen LogP) is 5.56. The van der Waals surface area contributed by atoms with Gasteiger partial charge in [-0.1, -0.05) is 46.8 Å². The van der Waals surface area contributed by atoms with Crippen LogP contribution in [0.2, 0.25) is 0 Å². The Morgan fingerprint density at radius 2 is 1.79 bits per heavy atom. The van der Waals surface area contributed by atoms with E-state index in [2.05, 4.69) is 46.8 Å². The van der Waals surface area contributed by atoms with Crippen LogP contribution in [0.5, 0.6) is 0 Å². The summed E-state index contributed by atoms with van der Waals surface area (Å²) in [6, 6.07) is 0. The van der Waals surface area contributed by atoms with Crippen molar-refractivity contribution in [1.29, 1.82) is 5.41 Å². The summed E-state index contributed by atoms with van der Waals surface area (Å²) in [4.78, 5) is 0. The van der Waals surface area contributed by atoms with Crippen LogP contribution in [0, 0.1) is 40.9 Å². The third kappa shape index (κ3) is 5.50. The number of rotatable bonds is 8. The van der Waals surface area contributed by atoms with Crippen molar-refractivity contribution in [3.63, 3.8) is 0 Å². The van der Waals surface area contributed by atoms with Gasteiger partial charge < -0.3 is 5.41 Å². The van der Waals surface area contributed by atoms with Crippen LogP contribution in [0.1, 0.15) is 60.8 Å². The standard InChI is InChI=1S/C18H33N/c1-12(8-10-18-11-14(18)3)7-9-13(2)15(4)16(5)17(6)19/h7,9,12-16,18-19H,8,10-11H2,1-6H3/b9-7-,19-17?. The summed E-state index contributed by atoms with van der Waals surface area (Å²) >= 11 is 0. The molecule has 0 spiro atoms. The molecule has 1 N–H and O–H groups in total. The molecule has 0 aliphatic heterocycles. The maximum absolute atomic E-state index is 7.76. The van der Waals surface area contributed by atoms with Crippen LogP contribution < -0.4 is 0 Å². The molecule has 0 saturated heterocycles. The second kappa shape index (κ2) is 7.26. The largest absolute Gasteiger partial charge is 0.310 e. The molecule has 0 aromatic rings. The van der Waals surface area contributed by atoms with Crippen molar-refractivity contribution < 1.29 is 0 Å². The highest BCUT2D eigenvalue weighted by Gasteiger charge is 2.31. The molecule has 0 radical (unpaired) electrons. The fourth-order valence-corrected chi connectivity index (χ4v) is 2.76. The van der Waals surface area contributed by atoms with Crippen LogP contribution in [-0.2, 0) is 0 Å². The lowest BCUT2D eigenvalue weighted by molar-refractivity contribution is 0.386. The van der Waals surface area contributed by atoms with E-state index in [1.165, 1.54) is 19.3 Å². The van der Waals surface area contributed by atoms with Gasteiger partial charge in [-0.05, 0) is 61.7 Å². The first-order valence-electron chi connectivity index (χ1n) is 8.06. The number of nitrogens with one attached hydrogen (secondary N) is 1. The van der Waals surface area contributed by atoms with E-state index < -0.39 is 0 Å². The van der Waals surface area contributed by atoms with Crippen LogP contribution in [0.3, 0.4) is 0 Å². The first-order valence-corrected chi connectivity index (χ1v) is 8.06. The fraction of sp³-hybridized carbons (Fsp3) is 0.833. The molecule has 0 heterocycles. The topological polar surface area (TPSA) is 23.9 Å². The van der Waals surface area contributed by atoms with E-state index in [1.54, 1.807) is 0 Å². The van der Waals surface area contributed by atoms with Crippen LogP contribution in [0.4, 0.5) is 0 Å². The molecule has 19 heavy (non-hydrogen) atoms. The molecule has 1 saturated carbocycles. The summed E-state index contributed by atoms with van der Waals surface area (Å²) in [7, 11) is 0. The van der Waals surface area contributed by atoms with Crippen molar-refractivity contribution in [1.82, 2.24) is 0 Å². The maximum Gasteiger partial charge on any atom is 0.00892 e.